The highest BCUT2D eigenvalue weighted by molar-refractivity contribution is 5.67. The molecule has 0 unspecified atom stereocenters. The monoisotopic (exact) mass is 233 g/mol. The summed E-state index contributed by atoms with van der Waals surface area (Å²) in [6.45, 7) is 0. The lowest BCUT2D eigenvalue weighted by Crippen LogP contribution is -2.21. The molecule has 0 amide bonds. The Bertz CT molecular complexity index is 629. The fourth-order valence-corrected chi connectivity index (χ4v) is 1.53. The van der Waals surface area contributed by atoms with Crippen LogP contribution in [0.1, 0.15) is 0 Å². The van der Waals surface area contributed by atoms with Crippen molar-refractivity contribution in [2.45, 2.75) is 0 Å². The maximum Gasteiger partial charge on any atom is 0.326 e. The smallest absolute Gasteiger partial charge is 0.326 e. The summed E-state index contributed by atoms with van der Waals surface area (Å²) in [6.07, 6.45) is 0. The second-order valence-corrected chi connectivity index (χ2v) is 3.46. The summed E-state index contributed by atoms with van der Waals surface area (Å²) < 4.78 is 5.02. The molecule has 0 bridgehead atoms. The minimum absolute atomic E-state index is 0.410. The molecule has 2 aromatic rings. The minimum Gasteiger partial charge on any atom is -0.495 e. The minimum atomic E-state index is -0.554. The van der Waals surface area contributed by atoms with Crippen LogP contribution in [0, 0.1) is 0 Å². The summed E-state index contributed by atoms with van der Waals surface area (Å²) in [7, 11) is 1.51. The number of H-pyrrole nitrogens is 2. The number of ether oxygens (including phenoxy) is 1. The second kappa shape index (κ2) is 4.17. The van der Waals surface area contributed by atoms with Gasteiger partial charge in [-0.05, 0) is 18.2 Å². The normalized spacial score (nSPS) is 10.2. The number of hydrogen-bond donors (Lipinski definition) is 3. The van der Waals surface area contributed by atoms with E-state index in [2.05, 4.69) is 9.97 Å². The summed E-state index contributed by atoms with van der Waals surface area (Å²) >= 11 is 0. The molecule has 0 aliphatic rings. The molecule has 0 fully saturated rings. The molecule has 6 nitrogen and oxygen atoms in total. The Balaban J connectivity index is 2.57. The van der Waals surface area contributed by atoms with Crippen molar-refractivity contribution >= 4 is 5.69 Å². The van der Waals surface area contributed by atoms with Gasteiger partial charge in [0.15, 0.2) is 0 Å². The third kappa shape index (κ3) is 2.20. The molecule has 4 N–H and O–H groups in total. The van der Waals surface area contributed by atoms with Crippen molar-refractivity contribution in [2.24, 2.45) is 0 Å². The zero-order valence-electron chi connectivity index (χ0n) is 9.11. The van der Waals surface area contributed by atoms with E-state index in [9.17, 15) is 9.59 Å². The number of hydrogen-bond acceptors (Lipinski definition) is 4. The highest BCUT2D eigenvalue weighted by Gasteiger charge is 2.04. The second-order valence-electron chi connectivity index (χ2n) is 3.46. The summed E-state index contributed by atoms with van der Waals surface area (Å²) in [6, 6.07) is 6.30. The fraction of sp³-hybridized carbons (Fsp3) is 0.0909. The molecule has 1 aromatic heterocycles. The van der Waals surface area contributed by atoms with Gasteiger partial charge < -0.3 is 15.5 Å². The van der Waals surface area contributed by atoms with Crippen molar-refractivity contribution in [3.05, 3.63) is 45.1 Å². The molecule has 1 heterocycles. The Hall–Kier alpha value is -2.50. The SMILES string of the molecule is COc1ccc(-c2cc(=O)[nH]c(=O)[nH]2)cc1N. The molecule has 0 aliphatic heterocycles. The van der Waals surface area contributed by atoms with E-state index in [1.807, 2.05) is 0 Å². The molecule has 0 spiro atoms. The van der Waals surface area contributed by atoms with Gasteiger partial charge in [-0.3, -0.25) is 9.78 Å². The zero-order valence-corrected chi connectivity index (χ0v) is 9.11. The van der Waals surface area contributed by atoms with E-state index >= 15 is 0 Å². The molecule has 6 heteroatoms. The first-order valence-electron chi connectivity index (χ1n) is 4.87. The number of anilines is 1. The molecule has 0 radical (unpaired) electrons. The van der Waals surface area contributed by atoms with Gasteiger partial charge in [-0.2, -0.15) is 0 Å². The maximum atomic E-state index is 11.2. The first-order valence-corrected chi connectivity index (χ1v) is 4.87. The Morgan fingerprint density at radius 3 is 2.53 bits per heavy atom. The number of rotatable bonds is 2. The van der Waals surface area contributed by atoms with Gasteiger partial charge in [-0.25, -0.2) is 4.79 Å². The molecule has 1 aromatic carbocycles. The van der Waals surface area contributed by atoms with Crippen molar-refractivity contribution in [3.8, 4) is 17.0 Å². The molecule has 88 valence electrons. The van der Waals surface area contributed by atoms with E-state index in [4.69, 9.17) is 10.5 Å². The first kappa shape index (κ1) is 11.0. The van der Waals surface area contributed by atoms with Crippen molar-refractivity contribution < 1.29 is 4.74 Å². The van der Waals surface area contributed by atoms with Crippen LogP contribution in [0.15, 0.2) is 33.9 Å². The largest absolute Gasteiger partial charge is 0.495 e. The van der Waals surface area contributed by atoms with E-state index in [1.54, 1.807) is 18.2 Å². The summed E-state index contributed by atoms with van der Waals surface area (Å²) in [5.41, 5.74) is 6.22. The number of nitrogens with one attached hydrogen (secondary N) is 2. The van der Waals surface area contributed by atoms with Gasteiger partial charge in [-0.1, -0.05) is 0 Å². The standard InChI is InChI=1S/C11H11N3O3/c1-17-9-3-2-6(4-7(9)12)8-5-10(15)14-11(16)13-8/h2-5H,12H2,1H3,(H2,13,14,15,16). The van der Waals surface area contributed by atoms with E-state index in [0.717, 1.165) is 0 Å². The average molecular weight is 233 g/mol. The van der Waals surface area contributed by atoms with Gasteiger partial charge in [0.05, 0.1) is 18.5 Å². The quantitative estimate of drug-likeness (QED) is 0.650. The van der Waals surface area contributed by atoms with Gasteiger partial charge in [0.25, 0.3) is 5.56 Å². The van der Waals surface area contributed by atoms with E-state index in [-0.39, 0.29) is 0 Å². The molecule has 0 atom stereocenters. The molecule has 17 heavy (non-hydrogen) atoms. The van der Waals surface area contributed by atoms with Crippen molar-refractivity contribution in [3.63, 3.8) is 0 Å². The third-order valence-corrected chi connectivity index (χ3v) is 2.30. The molecular formula is C11H11N3O3. The van der Waals surface area contributed by atoms with Gasteiger partial charge in [0, 0.05) is 11.6 Å². The van der Waals surface area contributed by atoms with Crippen LogP contribution in [-0.2, 0) is 0 Å². The summed E-state index contributed by atoms with van der Waals surface area (Å²) in [5, 5.41) is 0. The van der Waals surface area contributed by atoms with Gasteiger partial charge in [0.1, 0.15) is 5.75 Å². The van der Waals surface area contributed by atoms with Crippen molar-refractivity contribution in [1.82, 2.24) is 9.97 Å². The van der Waals surface area contributed by atoms with Gasteiger partial charge in [-0.15, -0.1) is 0 Å². The Kier molecular flexibility index (Phi) is 2.70. The van der Waals surface area contributed by atoms with Crippen molar-refractivity contribution in [2.75, 3.05) is 12.8 Å². The lowest BCUT2D eigenvalue weighted by atomic mass is 10.1. The first-order chi connectivity index (χ1) is 8.10. The maximum absolute atomic E-state index is 11.2. The van der Waals surface area contributed by atoms with Crippen LogP contribution in [0.25, 0.3) is 11.3 Å². The highest BCUT2D eigenvalue weighted by atomic mass is 16.5. The van der Waals surface area contributed by atoms with Crippen LogP contribution in [0.3, 0.4) is 0 Å². The molecule has 0 aliphatic carbocycles. The lowest BCUT2D eigenvalue weighted by molar-refractivity contribution is 0.417. The predicted octanol–water partition coefficient (Wildman–Crippen LogP) is 0.321. The van der Waals surface area contributed by atoms with Crippen LogP contribution in [-0.4, -0.2) is 17.1 Å². The number of aromatic nitrogens is 2. The highest BCUT2D eigenvalue weighted by Crippen LogP contribution is 2.26. The van der Waals surface area contributed by atoms with Crippen molar-refractivity contribution in [1.29, 1.82) is 0 Å². The van der Waals surface area contributed by atoms with E-state index in [1.165, 1.54) is 13.2 Å². The predicted molar refractivity (Wildman–Crippen MR) is 64.1 cm³/mol. The number of methoxy groups -OCH3 is 1. The van der Waals surface area contributed by atoms with Crippen LogP contribution < -0.4 is 21.7 Å². The Morgan fingerprint density at radius 2 is 1.94 bits per heavy atom. The summed E-state index contributed by atoms with van der Waals surface area (Å²) in [5.74, 6) is 0.543. The Morgan fingerprint density at radius 1 is 1.18 bits per heavy atom. The Labute approximate surface area is 96.1 Å². The number of benzene rings is 1. The van der Waals surface area contributed by atoms with Crippen LogP contribution in [0.2, 0.25) is 0 Å². The molecule has 0 saturated carbocycles. The van der Waals surface area contributed by atoms with E-state index in [0.29, 0.717) is 22.7 Å². The number of nitrogens with two attached hydrogens (primary N) is 1. The zero-order chi connectivity index (χ0) is 12.4. The van der Waals surface area contributed by atoms with Gasteiger partial charge >= 0.3 is 5.69 Å². The van der Waals surface area contributed by atoms with Gasteiger partial charge in [0.2, 0.25) is 0 Å². The molecule has 0 saturated heterocycles. The third-order valence-electron chi connectivity index (χ3n) is 2.30. The van der Waals surface area contributed by atoms with Crippen LogP contribution >= 0.6 is 0 Å². The lowest BCUT2D eigenvalue weighted by Gasteiger charge is -2.06. The van der Waals surface area contributed by atoms with E-state index < -0.39 is 11.2 Å². The summed E-state index contributed by atoms with van der Waals surface area (Å²) in [4.78, 5) is 26.9. The van der Waals surface area contributed by atoms with Crippen LogP contribution in [0.4, 0.5) is 5.69 Å². The number of aromatic amines is 2. The van der Waals surface area contributed by atoms with Crippen LogP contribution in [0.5, 0.6) is 5.75 Å². The molecule has 2 rings (SSSR count). The average Bonchev–Trinajstić information content (AvgIpc) is 2.27. The topological polar surface area (TPSA) is 101 Å². The number of nitrogen functional groups attached to an aromatic ring is 1. The molecular weight excluding hydrogens is 222 g/mol. The fourth-order valence-electron chi connectivity index (χ4n) is 1.53.